The minimum absolute atomic E-state index is 0.139. The van der Waals surface area contributed by atoms with Gasteiger partial charge in [0.05, 0.1) is 6.26 Å². The van der Waals surface area contributed by atoms with Gasteiger partial charge in [-0.3, -0.25) is 0 Å². The molecule has 1 aliphatic carbocycles. The summed E-state index contributed by atoms with van der Waals surface area (Å²) < 4.78 is 24.6. The Morgan fingerprint density at radius 3 is 2.50 bits per heavy atom. The molecule has 0 aromatic carbocycles. The predicted molar refractivity (Wildman–Crippen MR) is 57.4 cm³/mol. The zero-order chi connectivity index (χ0) is 10.8. The van der Waals surface area contributed by atoms with E-state index in [-0.39, 0.29) is 6.04 Å². The molecule has 0 bridgehead atoms. The van der Waals surface area contributed by atoms with Gasteiger partial charge in [0.1, 0.15) is 0 Å². The van der Waals surface area contributed by atoms with E-state index in [2.05, 4.69) is 0 Å². The lowest BCUT2D eigenvalue weighted by Gasteiger charge is -2.29. The Labute approximate surface area is 86.5 Å². The fourth-order valence-electron chi connectivity index (χ4n) is 2.39. The molecule has 0 spiro atoms. The van der Waals surface area contributed by atoms with E-state index < -0.39 is 10.0 Å². The molecule has 0 heterocycles. The summed E-state index contributed by atoms with van der Waals surface area (Å²) in [5.74, 6) is 0.352. The SMILES string of the molecule is CCN(C1CCCC1CN)S(C)(=O)=O. The van der Waals surface area contributed by atoms with E-state index >= 15 is 0 Å². The molecule has 4 nitrogen and oxygen atoms in total. The lowest BCUT2D eigenvalue weighted by Crippen LogP contribution is -2.43. The van der Waals surface area contributed by atoms with Gasteiger partial charge in [-0.15, -0.1) is 0 Å². The number of nitrogens with zero attached hydrogens (tertiary/aromatic N) is 1. The lowest BCUT2D eigenvalue weighted by molar-refractivity contribution is 0.278. The first-order valence-electron chi connectivity index (χ1n) is 5.17. The van der Waals surface area contributed by atoms with Crippen LogP contribution in [0.15, 0.2) is 0 Å². The van der Waals surface area contributed by atoms with Crippen LogP contribution in [0.2, 0.25) is 0 Å². The fourth-order valence-corrected chi connectivity index (χ4v) is 3.62. The van der Waals surface area contributed by atoms with Gasteiger partial charge in [0.2, 0.25) is 10.0 Å². The Morgan fingerprint density at radius 2 is 2.07 bits per heavy atom. The van der Waals surface area contributed by atoms with E-state index in [4.69, 9.17) is 5.73 Å². The van der Waals surface area contributed by atoms with Crippen molar-refractivity contribution in [1.29, 1.82) is 0 Å². The number of hydrogen-bond acceptors (Lipinski definition) is 3. The average molecular weight is 220 g/mol. The molecule has 2 unspecified atom stereocenters. The highest BCUT2D eigenvalue weighted by Crippen LogP contribution is 2.30. The van der Waals surface area contributed by atoms with Crippen molar-refractivity contribution in [2.75, 3.05) is 19.3 Å². The molecule has 0 aromatic heterocycles. The van der Waals surface area contributed by atoms with Crippen LogP contribution in [0.3, 0.4) is 0 Å². The van der Waals surface area contributed by atoms with Crippen LogP contribution in [-0.2, 0) is 10.0 Å². The van der Waals surface area contributed by atoms with Crippen molar-refractivity contribution in [1.82, 2.24) is 4.31 Å². The van der Waals surface area contributed by atoms with Crippen molar-refractivity contribution in [3.8, 4) is 0 Å². The van der Waals surface area contributed by atoms with E-state index in [0.717, 1.165) is 19.3 Å². The van der Waals surface area contributed by atoms with Gasteiger partial charge in [-0.1, -0.05) is 13.3 Å². The van der Waals surface area contributed by atoms with Gasteiger partial charge in [-0.25, -0.2) is 8.42 Å². The summed E-state index contributed by atoms with van der Waals surface area (Å²) in [5, 5.41) is 0. The highest BCUT2D eigenvalue weighted by molar-refractivity contribution is 7.88. The third kappa shape index (κ3) is 2.46. The zero-order valence-electron chi connectivity index (χ0n) is 8.94. The van der Waals surface area contributed by atoms with E-state index in [1.165, 1.54) is 6.26 Å². The third-order valence-corrected chi connectivity index (χ3v) is 4.41. The molecule has 1 fully saturated rings. The zero-order valence-corrected chi connectivity index (χ0v) is 9.76. The van der Waals surface area contributed by atoms with Crippen molar-refractivity contribution in [2.45, 2.75) is 32.2 Å². The number of hydrogen-bond donors (Lipinski definition) is 1. The lowest BCUT2D eigenvalue weighted by atomic mass is 10.0. The van der Waals surface area contributed by atoms with Crippen molar-refractivity contribution in [2.24, 2.45) is 11.7 Å². The van der Waals surface area contributed by atoms with Gasteiger partial charge >= 0.3 is 0 Å². The molecule has 0 aromatic rings. The van der Waals surface area contributed by atoms with Crippen LogP contribution in [0.1, 0.15) is 26.2 Å². The first-order chi connectivity index (χ1) is 6.50. The van der Waals surface area contributed by atoms with Crippen LogP contribution in [-0.4, -0.2) is 38.1 Å². The van der Waals surface area contributed by atoms with Gasteiger partial charge in [0.25, 0.3) is 0 Å². The molecule has 14 heavy (non-hydrogen) atoms. The molecule has 0 radical (unpaired) electrons. The van der Waals surface area contributed by atoms with Gasteiger partial charge in [-0.05, 0) is 25.3 Å². The Morgan fingerprint density at radius 1 is 1.43 bits per heavy atom. The maximum atomic E-state index is 11.5. The molecule has 0 aliphatic heterocycles. The van der Waals surface area contributed by atoms with Crippen molar-refractivity contribution < 1.29 is 8.42 Å². The maximum absolute atomic E-state index is 11.5. The quantitative estimate of drug-likeness (QED) is 0.745. The van der Waals surface area contributed by atoms with E-state index in [0.29, 0.717) is 19.0 Å². The number of sulfonamides is 1. The molecule has 2 atom stereocenters. The van der Waals surface area contributed by atoms with Crippen LogP contribution in [0.25, 0.3) is 0 Å². The summed E-state index contributed by atoms with van der Waals surface area (Å²) >= 11 is 0. The number of rotatable bonds is 4. The first-order valence-corrected chi connectivity index (χ1v) is 7.02. The summed E-state index contributed by atoms with van der Waals surface area (Å²) in [7, 11) is -3.06. The third-order valence-electron chi connectivity index (χ3n) is 3.03. The second kappa shape index (κ2) is 4.59. The standard InChI is InChI=1S/C9H20N2O2S/c1-3-11(14(2,12)13)9-6-4-5-8(9)7-10/h8-9H,3-7,10H2,1-2H3. The molecule has 1 aliphatic rings. The van der Waals surface area contributed by atoms with E-state index in [9.17, 15) is 8.42 Å². The first kappa shape index (κ1) is 11.9. The van der Waals surface area contributed by atoms with Crippen molar-refractivity contribution in [3.63, 3.8) is 0 Å². The molecule has 1 saturated carbocycles. The minimum Gasteiger partial charge on any atom is -0.330 e. The second-order valence-corrected chi connectivity index (χ2v) is 5.90. The van der Waals surface area contributed by atoms with Crippen LogP contribution >= 0.6 is 0 Å². The van der Waals surface area contributed by atoms with Gasteiger partial charge in [0, 0.05) is 12.6 Å². The van der Waals surface area contributed by atoms with Crippen LogP contribution in [0, 0.1) is 5.92 Å². The van der Waals surface area contributed by atoms with Gasteiger partial charge in [-0.2, -0.15) is 4.31 Å². The molecule has 0 saturated heterocycles. The molecular formula is C9H20N2O2S. The topological polar surface area (TPSA) is 63.4 Å². The average Bonchev–Trinajstić information content (AvgIpc) is 2.51. The monoisotopic (exact) mass is 220 g/mol. The minimum atomic E-state index is -3.06. The van der Waals surface area contributed by atoms with Crippen LogP contribution in [0.4, 0.5) is 0 Å². The molecule has 5 heteroatoms. The largest absolute Gasteiger partial charge is 0.330 e. The van der Waals surface area contributed by atoms with E-state index in [1.807, 2.05) is 6.92 Å². The maximum Gasteiger partial charge on any atom is 0.211 e. The Kier molecular flexibility index (Phi) is 3.92. The van der Waals surface area contributed by atoms with Crippen molar-refractivity contribution in [3.05, 3.63) is 0 Å². The normalized spacial score (nSPS) is 28.6. The number of nitrogens with two attached hydrogens (primary N) is 1. The predicted octanol–water partition coefficient (Wildman–Crippen LogP) is 0.395. The fraction of sp³-hybridized carbons (Fsp3) is 1.00. The molecule has 2 N–H and O–H groups in total. The molecule has 84 valence electrons. The Balaban J connectivity index is 2.79. The van der Waals surface area contributed by atoms with Gasteiger partial charge in [0.15, 0.2) is 0 Å². The highest BCUT2D eigenvalue weighted by atomic mass is 32.2. The Bertz CT molecular complexity index is 277. The second-order valence-electron chi connectivity index (χ2n) is 3.96. The summed E-state index contributed by atoms with van der Waals surface area (Å²) in [4.78, 5) is 0. The van der Waals surface area contributed by atoms with Crippen LogP contribution in [0.5, 0.6) is 0 Å². The smallest absolute Gasteiger partial charge is 0.211 e. The highest BCUT2D eigenvalue weighted by Gasteiger charge is 2.34. The molecular weight excluding hydrogens is 200 g/mol. The van der Waals surface area contributed by atoms with E-state index in [1.54, 1.807) is 4.31 Å². The van der Waals surface area contributed by atoms with Crippen molar-refractivity contribution >= 4 is 10.0 Å². The Hall–Kier alpha value is -0.130. The summed E-state index contributed by atoms with van der Waals surface area (Å²) in [6.45, 7) is 3.03. The van der Waals surface area contributed by atoms with Crippen LogP contribution < -0.4 is 5.73 Å². The molecule has 1 rings (SSSR count). The summed E-state index contributed by atoms with van der Waals surface area (Å²) in [5.41, 5.74) is 5.64. The van der Waals surface area contributed by atoms with Gasteiger partial charge < -0.3 is 5.73 Å². The summed E-state index contributed by atoms with van der Waals surface area (Å²) in [6.07, 6.45) is 4.40. The molecule has 0 amide bonds. The summed E-state index contributed by atoms with van der Waals surface area (Å²) in [6, 6.07) is 0.139.